The fourth-order valence-corrected chi connectivity index (χ4v) is 4.13. The maximum absolute atomic E-state index is 10.3. The van der Waals surface area contributed by atoms with Gasteiger partial charge in [-0.05, 0) is 37.0 Å². The Balaban J connectivity index is 1.96. The Hall–Kier alpha value is -0.0800. The molecule has 1 N–H and O–H groups in total. The van der Waals surface area contributed by atoms with E-state index in [9.17, 15) is 5.11 Å². The van der Waals surface area contributed by atoms with Crippen molar-refractivity contribution in [3.05, 3.63) is 0 Å². The van der Waals surface area contributed by atoms with Gasteiger partial charge in [0.05, 0.1) is 5.60 Å². The Bertz CT molecular complexity index is 245. The van der Waals surface area contributed by atoms with Crippen LogP contribution in [0.5, 0.6) is 0 Å². The lowest BCUT2D eigenvalue weighted by molar-refractivity contribution is -0.365. The highest BCUT2D eigenvalue weighted by Crippen LogP contribution is 2.58. The molecule has 4 bridgehead atoms. The number of hydrogen-bond acceptors (Lipinski definition) is 2. The van der Waals surface area contributed by atoms with Crippen LogP contribution in [-0.4, -0.2) is 16.5 Å². The van der Waals surface area contributed by atoms with Crippen molar-refractivity contribution < 1.29 is 9.84 Å². The van der Waals surface area contributed by atoms with Gasteiger partial charge in [0.25, 0.3) is 0 Å². The van der Waals surface area contributed by atoms with Crippen molar-refractivity contribution in [2.75, 3.05) is 0 Å². The normalized spacial score (nSPS) is 55.7. The van der Waals surface area contributed by atoms with Gasteiger partial charge in [0.1, 0.15) is 0 Å². The third-order valence-electron chi connectivity index (χ3n) is 4.60. The molecule has 2 heterocycles. The van der Waals surface area contributed by atoms with Crippen LogP contribution in [0.25, 0.3) is 0 Å². The number of aliphatic hydroxyl groups is 1. The molecule has 2 saturated heterocycles. The van der Waals surface area contributed by atoms with Crippen molar-refractivity contribution in [2.24, 2.45) is 17.8 Å². The molecule has 4 fully saturated rings. The Morgan fingerprint density at radius 2 is 1.71 bits per heavy atom. The maximum Gasteiger partial charge on any atom is 0.166 e. The minimum atomic E-state index is -0.756. The molecule has 0 spiro atoms. The van der Waals surface area contributed by atoms with Crippen molar-refractivity contribution in [3.63, 3.8) is 0 Å². The maximum atomic E-state index is 10.3. The first-order chi connectivity index (χ1) is 6.51. The minimum Gasteiger partial charge on any atom is -0.365 e. The van der Waals surface area contributed by atoms with Gasteiger partial charge < -0.3 is 9.84 Å². The van der Waals surface area contributed by atoms with Crippen molar-refractivity contribution >= 4 is 0 Å². The molecule has 2 aliphatic heterocycles. The van der Waals surface area contributed by atoms with E-state index in [1.54, 1.807) is 0 Å². The highest BCUT2D eigenvalue weighted by atomic mass is 16.6. The van der Waals surface area contributed by atoms with Crippen LogP contribution >= 0.6 is 0 Å². The topological polar surface area (TPSA) is 29.5 Å². The van der Waals surface area contributed by atoms with Crippen molar-refractivity contribution in [2.45, 2.75) is 57.3 Å². The van der Waals surface area contributed by atoms with Crippen LogP contribution in [0.1, 0.15) is 46.0 Å². The van der Waals surface area contributed by atoms with Crippen molar-refractivity contribution in [3.8, 4) is 0 Å². The first-order valence-corrected chi connectivity index (χ1v) is 5.94. The molecule has 2 unspecified atom stereocenters. The Morgan fingerprint density at radius 3 is 2.14 bits per heavy atom. The molecule has 0 amide bonds. The van der Waals surface area contributed by atoms with Crippen LogP contribution in [-0.2, 0) is 4.74 Å². The monoisotopic (exact) mass is 196 g/mol. The second-order valence-electron chi connectivity index (χ2n) is 6.05. The van der Waals surface area contributed by atoms with Crippen LogP contribution < -0.4 is 0 Å². The van der Waals surface area contributed by atoms with Gasteiger partial charge in [0.2, 0.25) is 0 Å². The lowest BCUT2D eigenvalue weighted by atomic mass is 9.58. The van der Waals surface area contributed by atoms with Gasteiger partial charge in [0, 0.05) is 12.8 Å². The molecule has 0 radical (unpaired) electrons. The summed E-state index contributed by atoms with van der Waals surface area (Å²) in [6.45, 7) is 4.47. The summed E-state index contributed by atoms with van der Waals surface area (Å²) >= 11 is 0. The van der Waals surface area contributed by atoms with Crippen LogP contribution in [0.3, 0.4) is 0 Å². The molecule has 4 aliphatic rings. The lowest BCUT2D eigenvalue weighted by Gasteiger charge is -2.61. The zero-order valence-electron chi connectivity index (χ0n) is 9.12. The number of ether oxygens (including phenoxy) is 1. The lowest BCUT2D eigenvalue weighted by Crippen LogP contribution is -2.63. The Labute approximate surface area is 85.6 Å². The molecule has 80 valence electrons. The van der Waals surface area contributed by atoms with E-state index in [4.69, 9.17) is 4.74 Å². The molecule has 2 aliphatic carbocycles. The average Bonchev–Trinajstić information content (AvgIpc) is 1.98. The SMILES string of the molecule is CC(C)C12C[C@@H]3C[C@@H](CC(O)(C3)O1)C2. The summed E-state index contributed by atoms with van der Waals surface area (Å²) in [4.78, 5) is 0. The van der Waals surface area contributed by atoms with Gasteiger partial charge in [-0.2, -0.15) is 0 Å². The Kier molecular flexibility index (Phi) is 1.66. The first kappa shape index (κ1) is 9.17. The van der Waals surface area contributed by atoms with E-state index in [-0.39, 0.29) is 5.60 Å². The molecule has 4 rings (SSSR count). The van der Waals surface area contributed by atoms with Crippen LogP contribution in [0.4, 0.5) is 0 Å². The number of rotatable bonds is 1. The van der Waals surface area contributed by atoms with E-state index in [0.717, 1.165) is 24.7 Å². The Morgan fingerprint density at radius 1 is 1.14 bits per heavy atom. The van der Waals surface area contributed by atoms with Gasteiger partial charge in [-0.1, -0.05) is 13.8 Å². The summed E-state index contributed by atoms with van der Waals surface area (Å²) in [7, 11) is 0. The third kappa shape index (κ3) is 1.10. The molecule has 0 aromatic rings. The van der Waals surface area contributed by atoms with Gasteiger partial charge in [-0.3, -0.25) is 0 Å². The molecule has 0 aromatic heterocycles. The predicted octanol–water partition coefficient (Wildman–Crippen LogP) is 2.31. The van der Waals surface area contributed by atoms with Crippen LogP contribution in [0.2, 0.25) is 0 Å². The molecule has 2 nitrogen and oxygen atoms in total. The predicted molar refractivity (Wildman–Crippen MR) is 53.7 cm³/mol. The van der Waals surface area contributed by atoms with E-state index in [1.165, 1.54) is 19.3 Å². The summed E-state index contributed by atoms with van der Waals surface area (Å²) in [5.41, 5.74) is 0.0127. The second-order valence-corrected chi connectivity index (χ2v) is 6.05. The molecule has 0 aromatic carbocycles. The van der Waals surface area contributed by atoms with E-state index >= 15 is 0 Å². The van der Waals surface area contributed by atoms with E-state index < -0.39 is 5.79 Å². The first-order valence-electron chi connectivity index (χ1n) is 5.94. The third-order valence-corrected chi connectivity index (χ3v) is 4.60. The van der Waals surface area contributed by atoms with E-state index in [1.807, 2.05) is 0 Å². The molecule has 14 heavy (non-hydrogen) atoms. The summed E-state index contributed by atoms with van der Waals surface area (Å²) in [6.07, 6.45) is 5.48. The molecular weight excluding hydrogens is 176 g/mol. The van der Waals surface area contributed by atoms with E-state index in [0.29, 0.717) is 5.92 Å². The smallest absolute Gasteiger partial charge is 0.166 e. The van der Waals surface area contributed by atoms with Crippen LogP contribution in [0.15, 0.2) is 0 Å². The molecule has 4 atom stereocenters. The zero-order valence-corrected chi connectivity index (χ0v) is 9.12. The molecule has 2 saturated carbocycles. The van der Waals surface area contributed by atoms with Crippen molar-refractivity contribution in [1.82, 2.24) is 0 Å². The van der Waals surface area contributed by atoms with Crippen molar-refractivity contribution in [1.29, 1.82) is 0 Å². The minimum absolute atomic E-state index is 0.0127. The average molecular weight is 196 g/mol. The fraction of sp³-hybridized carbons (Fsp3) is 1.00. The highest BCUT2D eigenvalue weighted by Gasteiger charge is 2.59. The second kappa shape index (κ2) is 2.53. The standard InChI is InChI=1S/C12H20O2/c1-8(2)11-4-9-3-10(5-11)7-12(13,6-9)14-11/h8-10,13H,3-7H2,1-2H3/t9-,10+,11?,12?. The van der Waals surface area contributed by atoms with Crippen LogP contribution in [0, 0.1) is 17.8 Å². The number of hydrogen-bond donors (Lipinski definition) is 1. The molecule has 2 heteroatoms. The summed E-state index contributed by atoms with van der Waals surface area (Å²) in [5, 5.41) is 10.3. The van der Waals surface area contributed by atoms with Gasteiger partial charge >= 0.3 is 0 Å². The molecular formula is C12H20O2. The van der Waals surface area contributed by atoms with Gasteiger partial charge in [0.15, 0.2) is 5.79 Å². The zero-order chi connectivity index (χ0) is 9.97. The summed E-state index contributed by atoms with van der Waals surface area (Å²) < 4.78 is 6.02. The summed E-state index contributed by atoms with van der Waals surface area (Å²) in [5.74, 6) is 1.24. The largest absolute Gasteiger partial charge is 0.365 e. The van der Waals surface area contributed by atoms with E-state index in [2.05, 4.69) is 13.8 Å². The van der Waals surface area contributed by atoms with Gasteiger partial charge in [-0.25, -0.2) is 0 Å². The fourth-order valence-electron chi connectivity index (χ4n) is 4.13. The summed E-state index contributed by atoms with van der Waals surface area (Å²) in [6, 6.07) is 0. The highest BCUT2D eigenvalue weighted by molar-refractivity contribution is 5.05. The van der Waals surface area contributed by atoms with Gasteiger partial charge in [-0.15, -0.1) is 0 Å². The quantitative estimate of drug-likeness (QED) is 0.697.